The van der Waals surface area contributed by atoms with E-state index in [9.17, 15) is 4.79 Å². The van der Waals surface area contributed by atoms with Gasteiger partial charge in [0.1, 0.15) is 0 Å². The largest absolute Gasteiger partial charge is 0.493 e. The van der Waals surface area contributed by atoms with Gasteiger partial charge in [0.2, 0.25) is 0 Å². The van der Waals surface area contributed by atoms with Gasteiger partial charge in [-0.25, -0.2) is 0 Å². The van der Waals surface area contributed by atoms with Gasteiger partial charge in [0.25, 0.3) is 5.91 Å². The summed E-state index contributed by atoms with van der Waals surface area (Å²) in [5, 5.41) is 6.28. The fourth-order valence-electron chi connectivity index (χ4n) is 3.17. The van der Waals surface area contributed by atoms with Crippen LogP contribution in [0.3, 0.4) is 0 Å². The first-order valence-electron chi connectivity index (χ1n) is 8.90. The van der Waals surface area contributed by atoms with Crippen LogP contribution in [0.2, 0.25) is 0 Å². The van der Waals surface area contributed by atoms with Gasteiger partial charge < -0.3 is 25.8 Å². The molecule has 0 bridgehead atoms. The van der Waals surface area contributed by atoms with Gasteiger partial charge in [0.05, 0.1) is 19.9 Å². The first-order valence-corrected chi connectivity index (χ1v) is 8.90. The minimum absolute atomic E-state index is 0.0369. The molecule has 1 amide bonds. The Morgan fingerprint density at radius 1 is 1.15 bits per heavy atom. The average Bonchev–Trinajstić information content (AvgIpc) is 2.96. The highest BCUT2D eigenvalue weighted by Crippen LogP contribution is 2.40. The van der Waals surface area contributed by atoms with Crippen molar-refractivity contribution in [2.75, 3.05) is 31.4 Å². The molecule has 3 rings (SSSR count). The van der Waals surface area contributed by atoms with Crippen molar-refractivity contribution in [3.05, 3.63) is 53.6 Å². The Morgan fingerprint density at radius 3 is 2.44 bits per heavy atom. The number of nitrogens with one attached hydrogen (secondary N) is 2. The Labute approximate surface area is 159 Å². The Bertz CT molecular complexity index is 860. The molecule has 1 heterocycles. The molecule has 0 saturated carbocycles. The molecule has 2 aromatic carbocycles. The lowest BCUT2D eigenvalue weighted by Gasteiger charge is -2.13. The van der Waals surface area contributed by atoms with E-state index in [1.165, 1.54) is 5.56 Å². The first kappa shape index (κ1) is 18.8. The summed E-state index contributed by atoms with van der Waals surface area (Å²) in [6.45, 7) is 2.64. The highest BCUT2D eigenvalue weighted by Gasteiger charge is 2.27. The molecule has 0 radical (unpaired) electrons. The molecular weight excluding hydrogens is 342 g/mol. The van der Waals surface area contributed by atoms with Gasteiger partial charge in [-0.3, -0.25) is 4.79 Å². The second-order valence-corrected chi connectivity index (χ2v) is 6.46. The van der Waals surface area contributed by atoms with E-state index in [0.717, 1.165) is 23.4 Å². The van der Waals surface area contributed by atoms with Crippen molar-refractivity contribution in [2.24, 2.45) is 5.73 Å². The number of fused-ring (bicyclic) bond motifs is 1. The molecule has 27 heavy (non-hydrogen) atoms. The monoisotopic (exact) mass is 367 g/mol. The first-order chi connectivity index (χ1) is 13.0. The number of hydrogen-bond donors (Lipinski definition) is 3. The molecule has 1 atom stereocenters. The third-order valence-corrected chi connectivity index (χ3v) is 4.50. The summed E-state index contributed by atoms with van der Waals surface area (Å²) >= 11 is 0. The number of ether oxygens (including phenoxy) is 2. The topological polar surface area (TPSA) is 85.6 Å². The lowest BCUT2D eigenvalue weighted by molar-refractivity contribution is -0.110. The molecule has 0 aliphatic carbocycles. The van der Waals surface area contributed by atoms with Crippen LogP contribution < -0.4 is 25.8 Å². The van der Waals surface area contributed by atoms with E-state index in [2.05, 4.69) is 22.8 Å². The third-order valence-electron chi connectivity index (χ3n) is 4.50. The third kappa shape index (κ3) is 4.06. The van der Waals surface area contributed by atoms with Gasteiger partial charge in [-0.15, -0.1) is 0 Å². The van der Waals surface area contributed by atoms with Crippen molar-refractivity contribution in [1.29, 1.82) is 0 Å². The number of carbonyl (C=O) groups is 1. The lowest BCUT2D eigenvalue weighted by atomic mass is 10.0. The van der Waals surface area contributed by atoms with Gasteiger partial charge in [0, 0.05) is 28.9 Å². The smallest absolute Gasteiger partial charge is 0.256 e. The number of nitrogens with two attached hydrogens (primary N) is 1. The number of benzene rings is 2. The predicted octanol–water partition coefficient (Wildman–Crippen LogP) is 3.04. The van der Waals surface area contributed by atoms with Crippen LogP contribution in [-0.2, 0) is 11.2 Å². The van der Waals surface area contributed by atoms with Crippen LogP contribution in [0.5, 0.6) is 11.5 Å². The van der Waals surface area contributed by atoms with E-state index >= 15 is 0 Å². The summed E-state index contributed by atoms with van der Waals surface area (Å²) in [6, 6.07) is 11.7. The second kappa shape index (κ2) is 8.14. The van der Waals surface area contributed by atoms with Gasteiger partial charge in [-0.05, 0) is 49.7 Å². The second-order valence-electron chi connectivity index (χ2n) is 6.46. The molecule has 0 spiro atoms. The van der Waals surface area contributed by atoms with Crippen LogP contribution in [0.15, 0.2) is 42.5 Å². The predicted molar refractivity (Wildman–Crippen MR) is 108 cm³/mol. The Hall–Kier alpha value is -2.99. The number of hydrogen-bond acceptors (Lipinski definition) is 5. The molecule has 6 nitrogen and oxygen atoms in total. The zero-order chi connectivity index (χ0) is 19.4. The number of rotatable bonds is 7. The maximum Gasteiger partial charge on any atom is 0.256 e. The van der Waals surface area contributed by atoms with Crippen molar-refractivity contribution in [2.45, 2.75) is 19.4 Å². The van der Waals surface area contributed by atoms with Gasteiger partial charge in [-0.1, -0.05) is 12.1 Å². The van der Waals surface area contributed by atoms with Gasteiger partial charge in [0.15, 0.2) is 11.5 Å². The van der Waals surface area contributed by atoms with Crippen LogP contribution in [0, 0.1) is 0 Å². The quantitative estimate of drug-likeness (QED) is 0.655. The summed E-state index contributed by atoms with van der Waals surface area (Å²) in [4.78, 5) is 12.4. The molecule has 0 saturated heterocycles. The van der Waals surface area contributed by atoms with E-state index in [4.69, 9.17) is 15.2 Å². The molecule has 4 N–H and O–H groups in total. The molecule has 142 valence electrons. The lowest BCUT2D eigenvalue weighted by Crippen LogP contribution is -2.14. The van der Waals surface area contributed by atoms with Gasteiger partial charge in [-0.2, -0.15) is 0 Å². The minimum Gasteiger partial charge on any atom is -0.493 e. The van der Waals surface area contributed by atoms with Crippen LogP contribution >= 0.6 is 0 Å². The van der Waals surface area contributed by atoms with Crippen molar-refractivity contribution >= 4 is 22.9 Å². The standard InChI is InChI=1S/C21H25N3O3/c1-13(23-15-6-4-14(5-7-15)8-9-22)10-17-16-11-19(26-2)20(27-3)12-18(16)24-21(17)25/h4-7,10-13,23H,8-9,22H2,1-3H3,(H,24,25). The summed E-state index contributed by atoms with van der Waals surface area (Å²) in [6.07, 6.45) is 2.78. The fourth-order valence-corrected chi connectivity index (χ4v) is 3.17. The SMILES string of the molecule is COc1cc2c(cc1OC)C(=CC(C)Nc1ccc(CCN)cc1)C(=O)N2. The summed E-state index contributed by atoms with van der Waals surface area (Å²) in [5.74, 6) is 1.04. The molecule has 6 heteroatoms. The van der Waals surface area contributed by atoms with Crippen LogP contribution in [0.4, 0.5) is 11.4 Å². The fraction of sp³-hybridized carbons (Fsp3) is 0.286. The maximum atomic E-state index is 12.4. The average molecular weight is 367 g/mol. The minimum atomic E-state index is -0.132. The van der Waals surface area contributed by atoms with E-state index in [0.29, 0.717) is 23.6 Å². The van der Waals surface area contributed by atoms with Crippen LogP contribution in [0.1, 0.15) is 18.1 Å². The number of anilines is 2. The number of carbonyl (C=O) groups excluding carboxylic acids is 1. The van der Waals surface area contributed by atoms with Crippen LogP contribution in [-0.4, -0.2) is 32.7 Å². The Kier molecular flexibility index (Phi) is 5.66. The van der Waals surface area contributed by atoms with E-state index in [1.54, 1.807) is 20.3 Å². The summed E-state index contributed by atoms with van der Waals surface area (Å²) in [5.41, 5.74) is 9.93. The van der Waals surface area contributed by atoms with Crippen molar-refractivity contribution < 1.29 is 14.3 Å². The molecular formula is C21H25N3O3. The molecule has 1 aliphatic heterocycles. The normalized spacial score (nSPS) is 15.3. The number of methoxy groups -OCH3 is 2. The van der Waals surface area contributed by atoms with Crippen LogP contribution in [0.25, 0.3) is 5.57 Å². The molecule has 2 aromatic rings. The highest BCUT2D eigenvalue weighted by molar-refractivity contribution is 6.31. The Morgan fingerprint density at radius 2 is 1.81 bits per heavy atom. The van der Waals surface area contributed by atoms with E-state index < -0.39 is 0 Å². The maximum absolute atomic E-state index is 12.4. The molecule has 1 aliphatic rings. The number of amides is 1. The molecule has 0 fully saturated rings. The Balaban J connectivity index is 1.81. The summed E-state index contributed by atoms with van der Waals surface area (Å²) < 4.78 is 10.7. The van der Waals surface area contributed by atoms with E-state index in [-0.39, 0.29) is 11.9 Å². The zero-order valence-electron chi connectivity index (χ0n) is 15.8. The molecule has 0 aromatic heterocycles. The van der Waals surface area contributed by atoms with Crippen molar-refractivity contribution in [1.82, 2.24) is 0 Å². The van der Waals surface area contributed by atoms with Crippen molar-refractivity contribution in [3.63, 3.8) is 0 Å². The van der Waals surface area contributed by atoms with E-state index in [1.807, 2.05) is 31.2 Å². The highest BCUT2D eigenvalue weighted by atomic mass is 16.5. The van der Waals surface area contributed by atoms with Gasteiger partial charge >= 0.3 is 0 Å². The zero-order valence-corrected chi connectivity index (χ0v) is 15.8. The summed E-state index contributed by atoms with van der Waals surface area (Å²) in [7, 11) is 3.15. The molecule has 1 unspecified atom stereocenters. The van der Waals surface area contributed by atoms with Crippen molar-refractivity contribution in [3.8, 4) is 11.5 Å².